The van der Waals surface area contributed by atoms with Crippen molar-refractivity contribution in [2.75, 3.05) is 20.7 Å². The Hall–Kier alpha value is -2.92. The van der Waals surface area contributed by atoms with Crippen molar-refractivity contribution in [2.24, 2.45) is 0 Å². The Morgan fingerprint density at radius 1 is 0.962 bits per heavy atom. The Kier molecular flexibility index (Phi) is 8.46. The molecule has 150 valence electrons. The van der Waals surface area contributed by atoms with Crippen molar-refractivity contribution < 1.29 is 49.2 Å². The third-order valence-corrected chi connectivity index (χ3v) is 3.03. The minimum atomic E-state index is -1.20. The van der Waals surface area contributed by atoms with Crippen molar-refractivity contribution in [1.82, 2.24) is 10.6 Å². The lowest BCUT2D eigenvalue weighted by molar-refractivity contribution is -0.760. The van der Waals surface area contributed by atoms with Crippen LogP contribution in [0.2, 0.25) is 0 Å². The predicted molar refractivity (Wildman–Crippen MR) is 88.3 cm³/mol. The van der Waals surface area contributed by atoms with E-state index in [2.05, 4.69) is 10.6 Å². The zero-order chi connectivity index (χ0) is 20.7. The smallest absolute Gasteiger partial charge is 0.408 e. The summed E-state index contributed by atoms with van der Waals surface area (Å²) in [6.07, 6.45) is -1.80. The number of aliphatic hydroxyl groups excluding tert-OH is 2. The Balaban J connectivity index is 4.53. The van der Waals surface area contributed by atoms with Crippen LogP contribution in [-0.2, 0) is 9.47 Å². The SMILES string of the molecule is CC(NC(=O)OCC(C)(C)OC(=O)NC(C)/C(O)=[N+](\C)O)/C(O)=[N+](\C)O. The predicted octanol–water partition coefficient (Wildman–Crippen LogP) is -0.0296. The van der Waals surface area contributed by atoms with E-state index in [0.29, 0.717) is 9.48 Å². The molecule has 0 radical (unpaired) electrons. The Morgan fingerprint density at radius 3 is 1.73 bits per heavy atom. The maximum atomic E-state index is 11.8. The first-order valence-electron chi connectivity index (χ1n) is 7.66. The van der Waals surface area contributed by atoms with Gasteiger partial charge in [-0.25, -0.2) is 9.59 Å². The number of nitrogens with zero attached hydrogens (tertiary/aromatic N) is 2. The van der Waals surface area contributed by atoms with Gasteiger partial charge >= 0.3 is 24.0 Å². The highest BCUT2D eigenvalue weighted by atomic mass is 16.6. The van der Waals surface area contributed by atoms with Crippen LogP contribution < -0.4 is 10.6 Å². The van der Waals surface area contributed by atoms with Crippen LogP contribution >= 0.6 is 0 Å². The molecule has 0 bridgehead atoms. The molecule has 0 fully saturated rings. The number of hydrogen-bond acceptors (Lipinski definition) is 6. The first-order valence-corrected chi connectivity index (χ1v) is 7.66. The van der Waals surface area contributed by atoms with Crippen molar-refractivity contribution in [3.05, 3.63) is 0 Å². The van der Waals surface area contributed by atoms with Crippen molar-refractivity contribution in [3.63, 3.8) is 0 Å². The minimum absolute atomic E-state index is 0.307. The normalized spacial score (nSPS) is 15.8. The van der Waals surface area contributed by atoms with Gasteiger partial charge in [0.1, 0.15) is 12.2 Å². The van der Waals surface area contributed by atoms with Crippen molar-refractivity contribution >= 4 is 24.0 Å². The summed E-state index contributed by atoms with van der Waals surface area (Å²) in [5.41, 5.74) is -1.20. The van der Waals surface area contributed by atoms with E-state index in [-0.39, 0.29) is 6.61 Å². The molecule has 0 spiro atoms. The number of ether oxygens (including phenoxy) is 2. The lowest BCUT2D eigenvalue weighted by Crippen LogP contribution is -2.47. The lowest BCUT2D eigenvalue weighted by Gasteiger charge is -2.25. The molecule has 0 aliphatic carbocycles. The number of amides is 2. The largest absolute Gasteiger partial charge is 0.459 e. The van der Waals surface area contributed by atoms with E-state index in [1.165, 1.54) is 41.8 Å². The number of carbonyl (C=O) groups is 2. The van der Waals surface area contributed by atoms with Gasteiger partial charge in [-0.05, 0) is 27.7 Å². The van der Waals surface area contributed by atoms with E-state index >= 15 is 0 Å². The van der Waals surface area contributed by atoms with E-state index in [1.54, 1.807) is 0 Å². The molecule has 2 amide bonds. The minimum Gasteiger partial charge on any atom is -0.459 e. The zero-order valence-electron chi connectivity index (χ0n) is 15.7. The fourth-order valence-electron chi connectivity index (χ4n) is 1.63. The van der Waals surface area contributed by atoms with Crippen molar-refractivity contribution in [3.8, 4) is 0 Å². The maximum Gasteiger partial charge on any atom is 0.408 e. The van der Waals surface area contributed by atoms with Crippen LogP contribution in [-0.4, -0.2) is 92.5 Å². The van der Waals surface area contributed by atoms with Crippen LogP contribution in [0.5, 0.6) is 0 Å². The van der Waals surface area contributed by atoms with E-state index in [4.69, 9.17) is 19.9 Å². The quantitative estimate of drug-likeness (QED) is 0.118. The summed E-state index contributed by atoms with van der Waals surface area (Å²) >= 11 is 0. The third-order valence-electron chi connectivity index (χ3n) is 3.03. The average Bonchev–Trinajstić information content (AvgIpc) is 2.50. The molecule has 2 unspecified atom stereocenters. The van der Waals surface area contributed by atoms with Gasteiger partial charge in [0.2, 0.25) is 0 Å². The molecular weight excluding hydrogens is 352 g/mol. The van der Waals surface area contributed by atoms with Gasteiger partial charge in [-0.2, -0.15) is 0 Å². The lowest BCUT2D eigenvalue weighted by atomic mass is 10.1. The number of rotatable bonds is 7. The second kappa shape index (κ2) is 9.53. The summed E-state index contributed by atoms with van der Waals surface area (Å²) in [4.78, 5) is 23.5. The molecule has 2 atom stereocenters. The molecule has 0 heterocycles. The van der Waals surface area contributed by atoms with Gasteiger partial charge in [-0.3, -0.25) is 10.4 Å². The molecule has 0 aromatic carbocycles. The topological polar surface area (TPSA) is 164 Å². The van der Waals surface area contributed by atoms with Gasteiger partial charge < -0.3 is 30.3 Å². The summed E-state index contributed by atoms with van der Waals surface area (Å²) in [6, 6.07) is -1.81. The standard InChI is InChI=1S/C14H26N4O8/c1-8(10(19)17(5)23)15-12(21)25-7-14(3,4)26-13(22)16-9(2)11(20)18(6)24/h8-9,23-24H,7H2,1-6H3,(H2,15,16,21,22)/p+2. The first-order chi connectivity index (χ1) is 11.8. The van der Waals surface area contributed by atoms with Gasteiger partial charge in [0.25, 0.3) is 0 Å². The second-order valence-electron chi connectivity index (χ2n) is 6.22. The van der Waals surface area contributed by atoms with E-state index in [9.17, 15) is 19.8 Å². The number of hydroxylamine groups is 2. The molecule has 0 aliphatic rings. The van der Waals surface area contributed by atoms with E-state index in [0.717, 1.165) is 0 Å². The summed E-state index contributed by atoms with van der Waals surface area (Å²) in [5, 5.41) is 41.6. The van der Waals surface area contributed by atoms with E-state index < -0.39 is 41.7 Å². The molecule has 0 saturated carbocycles. The second-order valence-corrected chi connectivity index (χ2v) is 6.22. The zero-order valence-corrected chi connectivity index (χ0v) is 15.7. The van der Waals surface area contributed by atoms with Crippen LogP contribution in [0.25, 0.3) is 0 Å². The van der Waals surface area contributed by atoms with Gasteiger partial charge in [0.15, 0.2) is 26.2 Å². The monoisotopic (exact) mass is 380 g/mol. The highest BCUT2D eigenvalue weighted by Crippen LogP contribution is 2.10. The molecule has 6 N–H and O–H groups in total. The Bertz CT molecular complexity index is 579. The summed E-state index contributed by atoms with van der Waals surface area (Å²) in [5.74, 6) is -0.981. The van der Waals surface area contributed by atoms with Crippen LogP contribution in [0.3, 0.4) is 0 Å². The van der Waals surface area contributed by atoms with Gasteiger partial charge in [0, 0.05) is 9.48 Å². The molecule has 12 nitrogen and oxygen atoms in total. The molecule has 0 aromatic rings. The Morgan fingerprint density at radius 2 is 1.35 bits per heavy atom. The van der Waals surface area contributed by atoms with Gasteiger partial charge in [0.05, 0.1) is 0 Å². The third kappa shape index (κ3) is 8.26. The molecular formula is C14H28N4O8+2. The number of alkyl carbamates (subject to hydrolysis) is 2. The molecule has 0 aromatic heterocycles. The van der Waals surface area contributed by atoms with Crippen LogP contribution in [0.4, 0.5) is 9.59 Å². The van der Waals surface area contributed by atoms with E-state index in [1.807, 2.05) is 0 Å². The molecule has 12 heteroatoms. The molecule has 26 heavy (non-hydrogen) atoms. The average molecular weight is 380 g/mol. The number of hydrogen-bond donors (Lipinski definition) is 6. The van der Waals surface area contributed by atoms with Gasteiger partial charge in [-0.1, -0.05) is 0 Å². The van der Waals surface area contributed by atoms with Crippen LogP contribution in [0.15, 0.2) is 0 Å². The highest BCUT2D eigenvalue weighted by Gasteiger charge is 2.29. The Labute approximate surface area is 150 Å². The van der Waals surface area contributed by atoms with Crippen molar-refractivity contribution in [2.45, 2.75) is 45.4 Å². The van der Waals surface area contributed by atoms with Crippen LogP contribution in [0.1, 0.15) is 27.7 Å². The molecule has 0 saturated heterocycles. The fraction of sp³-hybridized carbons (Fsp3) is 0.714. The fourth-order valence-corrected chi connectivity index (χ4v) is 1.63. The molecule has 0 aliphatic heterocycles. The number of nitrogens with one attached hydrogen (secondary N) is 2. The first kappa shape index (κ1) is 23.1. The van der Waals surface area contributed by atoms with Crippen molar-refractivity contribution in [1.29, 1.82) is 0 Å². The summed E-state index contributed by atoms with van der Waals surface area (Å²) in [7, 11) is 2.36. The number of carbonyl (C=O) groups excluding carboxylic acids is 2. The van der Waals surface area contributed by atoms with Crippen LogP contribution in [0, 0.1) is 0 Å². The summed E-state index contributed by atoms with van der Waals surface area (Å²) in [6.45, 7) is 5.50. The molecule has 0 rings (SSSR count). The summed E-state index contributed by atoms with van der Waals surface area (Å²) < 4.78 is 10.9. The highest BCUT2D eigenvalue weighted by molar-refractivity contribution is 5.80. The maximum absolute atomic E-state index is 11.8. The number of aliphatic hydroxyl groups is 2. The van der Waals surface area contributed by atoms with Gasteiger partial charge in [-0.15, -0.1) is 0 Å².